The minimum absolute atomic E-state index is 0.117. The van der Waals surface area contributed by atoms with E-state index in [1.165, 1.54) is 4.90 Å². The predicted octanol–water partition coefficient (Wildman–Crippen LogP) is 3.00. The third kappa shape index (κ3) is 3.67. The number of fused-ring (bicyclic) bond motifs is 1. The van der Waals surface area contributed by atoms with Crippen molar-refractivity contribution < 1.29 is 9.59 Å². The smallest absolute Gasteiger partial charge is 0.320 e. The van der Waals surface area contributed by atoms with Gasteiger partial charge in [0.05, 0.1) is 0 Å². The number of carbonyl (C=O) groups excluding carboxylic acids is 2. The number of rotatable bonds is 3. The molecule has 3 amide bonds. The summed E-state index contributed by atoms with van der Waals surface area (Å²) in [5, 5.41) is 2.62. The van der Waals surface area contributed by atoms with Crippen LogP contribution < -0.4 is 16.0 Å². The van der Waals surface area contributed by atoms with Crippen LogP contribution in [0.4, 0.5) is 10.6 Å². The lowest BCUT2D eigenvalue weighted by atomic mass is 9.99. The summed E-state index contributed by atoms with van der Waals surface area (Å²) in [4.78, 5) is 33.7. The van der Waals surface area contributed by atoms with Gasteiger partial charge in [-0.2, -0.15) is 0 Å². The van der Waals surface area contributed by atoms with E-state index < -0.39 is 6.03 Å². The van der Waals surface area contributed by atoms with Crippen molar-refractivity contribution in [3.8, 4) is 22.3 Å². The van der Waals surface area contributed by atoms with Crippen LogP contribution in [0.25, 0.3) is 22.3 Å². The number of primary amides is 1. The summed E-state index contributed by atoms with van der Waals surface area (Å²) < 4.78 is 0. The maximum absolute atomic E-state index is 11.7. The first kappa shape index (κ1) is 18.6. The molecule has 0 saturated carbocycles. The molecule has 2 aromatic heterocycles. The van der Waals surface area contributed by atoms with Crippen molar-refractivity contribution in [2.45, 2.75) is 12.8 Å². The van der Waals surface area contributed by atoms with Crippen molar-refractivity contribution in [3.05, 3.63) is 66.1 Å². The average molecular weight is 387 g/mol. The van der Waals surface area contributed by atoms with Gasteiger partial charge in [-0.25, -0.2) is 9.78 Å². The lowest BCUT2D eigenvalue weighted by molar-refractivity contribution is 0.0963. The van der Waals surface area contributed by atoms with Crippen molar-refractivity contribution >= 4 is 17.8 Å². The number of nitrogens with zero attached hydrogens (tertiary/aromatic N) is 3. The summed E-state index contributed by atoms with van der Waals surface area (Å²) in [6.07, 6.45) is 7.04. The Labute approximate surface area is 168 Å². The van der Waals surface area contributed by atoms with Crippen molar-refractivity contribution in [2.75, 3.05) is 18.5 Å². The van der Waals surface area contributed by atoms with E-state index in [4.69, 9.17) is 5.73 Å². The van der Waals surface area contributed by atoms with Gasteiger partial charge in [0.15, 0.2) is 0 Å². The molecule has 1 aliphatic heterocycles. The highest BCUT2D eigenvalue weighted by atomic mass is 16.2. The molecule has 0 fully saturated rings. The van der Waals surface area contributed by atoms with Crippen LogP contribution >= 0.6 is 0 Å². The number of carbonyl (C=O) groups is 2. The Balaban J connectivity index is 1.66. The van der Waals surface area contributed by atoms with Crippen molar-refractivity contribution in [3.63, 3.8) is 0 Å². The summed E-state index contributed by atoms with van der Waals surface area (Å²) >= 11 is 0. The monoisotopic (exact) mass is 387 g/mol. The summed E-state index contributed by atoms with van der Waals surface area (Å²) in [7, 11) is 1.61. The van der Waals surface area contributed by atoms with E-state index in [2.05, 4.69) is 15.3 Å². The number of urea groups is 1. The van der Waals surface area contributed by atoms with Gasteiger partial charge >= 0.3 is 6.03 Å². The Morgan fingerprint density at radius 3 is 2.38 bits per heavy atom. The van der Waals surface area contributed by atoms with Gasteiger partial charge in [-0.3, -0.25) is 14.7 Å². The van der Waals surface area contributed by atoms with E-state index >= 15 is 0 Å². The molecule has 146 valence electrons. The zero-order valence-electron chi connectivity index (χ0n) is 16.1. The van der Waals surface area contributed by atoms with Crippen LogP contribution in [-0.4, -0.2) is 35.5 Å². The minimum Gasteiger partial charge on any atom is -0.355 e. The standard InChI is InChI=1S/C22H21N5O2/c1-24-21(28)15-6-4-14(5-7-15)17-10-18(12-25-11-17)19-9-16-3-2-8-27(22(23)29)20(16)26-13-19/h4-7,9-13H,2-3,8H2,1H3,(H2,23,29)(H,24,28). The third-order valence-electron chi connectivity index (χ3n) is 5.07. The number of aromatic nitrogens is 2. The molecule has 7 nitrogen and oxygen atoms in total. The second kappa shape index (κ2) is 7.71. The zero-order valence-corrected chi connectivity index (χ0v) is 16.1. The topological polar surface area (TPSA) is 101 Å². The molecule has 0 aliphatic carbocycles. The Morgan fingerprint density at radius 2 is 1.69 bits per heavy atom. The van der Waals surface area contributed by atoms with Crippen LogP contribution in [-0.2, 0) is 6.42 Å². The Bertz CT molecular complexity index is 1080. The summed E-state index contributed by atoms with van der Waals surface area (Å²) in [5.41, 5.74) is 10.9. The number of anilines is 1. The number of nitrogens with one attached hydrogen (secondary N) is 1. The molecular formula is C22H21N5O2. The first-order valence-electron chi connectivity index (χ1n) is 9.40. The average Bonchev–Trinajstić information content (AvgIpc) is 2.77. The summed E-state index contributed by atoms with van der Waals surface area (Å²) in [5.74, 6) is 0.523. The van der Waals surface area contributed by atoms with Gasteiger partial charge in [-0.1, -0.05) is 12.1 Å². The van der Waals surface area contributed by atoms with Gasteiger partial charge in [0.25, 0.3) is 5.91 Å². The van der Waals surface area contributed by atoms with Gasteiger partial charge in [-0.05, 0) is 48.2 Å². The molecule has 0 atom stereocenters. The summed E-state index contributed by atoms with van der Waals surface area (Å²) in [6, 6.07) is 11.0. The molecule has 1 aromatic carbocycles. The number of pyridine rings is 2. The van der Waals surface area contributed by atoms with Crippen molar-refractivity contribution in [2.24, 2.45) is 5.73 Å². The van der Waals surface area contributed by atoms with Gasteiger partial charge in [0.2, 0.25) is 0 Å². The molecule has 1 aliphatic rings. The fourth-order valence-corrected chi connectivity index (χ4v) is 3.55. The lowest BCUT2D eigenvalue weighted by Gasteiger charge is -2.26. The Kier molecular flexibility index (Phi) is 4.95. The zero-order chi connectivity index (χ0) is 20.4. The largest absolute Gasteiger partial charge is 0.355 e. The molecule has 0 radical (unpaired) electrons. The van der Waals surface area contributed by atoms with Crippen LogP contribution in [0, 0.1) is 0 Å². The third-order valence-corrected chi connectivity index (χ3v) is 5.07. The van der Waals surface area contributed by atoms with E-state index in [-0.39, 0.29) is 5.91 Å². The van der Waals surface area contributed by atoms with Gasteiger partial charge in [-0.15, -0.1) is 0 Å². The lowest BCUT2D eigenvalue weighted by Crippen LogP contribution is -2.40. The minimum atomic E-state index is -0.477. The van der Waals surface area contributed by atoms with Gasteiger partial charge < -0.3 is 11.1 Å². The molecule has 0 spiro atoms. The molecule has 3 heterocycles. The molecular weight excluding hydrogens is 366 g/mol. The van der Waals surface area contributed by atoms with E-state index in [0.29, 0.717) is 17.9 Å². The fraction of sp³-hybridized carbons (Fsp3) is 0.182. The highest BCUT2D eigenvalue weighted by molar-refractivity contribution is 5.94. The fourth-order valence-electron chi connectivity index (χ4n) is 3.55. The maximum atomic E-state index is 11.7. The van der Waals surface area contributed by atoms with Gasteiger partial charge in [0.1, 0.15) is 5.82 Å². The second-order valence-electron chi connectivity index (χ2n) is 6.92. The van der Waals surface area contributed by atoms with E-state index in [9.17, 15) is 9.59 Å². The molecule has 29 heavy (non-hydrogen) atoms. The van der Waals surface area contributed by atoms with Crippen LogP contribution in [0.1, 0.15) is 22.3 Å². The molecule has 0 bridgehead atoms. The Morgan fingerprint density at radius 1 is 1.00 bits per heavy atom. The number of aryl methyl sites for hydroxylation is 1. The molecule has 0 unspecified atom stereocenters. The molecule has 7 heteroatoms. The van der Waals surface area contributed by atoms with Crippen LogP contribution in [0.15, 0.2) is 55.0 Å². The second-order valence-corrected chi connectivity index (χ2v) is 6.92. The van der Waals surface area contributed by atoms with Crippen molar-refractivity contribution in [1.29, 1.82) is 0 Å². The number of amides is 3. The van der Waals surface area contributed by atoms with E-state index in [0.717, 1.165) is 40.7 Å². The van der Waals surface area contributed by atoms with Crippen LogP contribution in [0.5, 0.6) is 0 Å². The van der Waals surface area contributed by atoms with Gasteiger partial charge in [0, 0.05) is 54.4 Å². The van der Waals surface area contributed by atoms with Crippen LogP contribution in [0.2, 0.25) is 0 Å². The number of hydrogen-bond acceptors (Lipinski definition) is 4. The first-order chi connectivity index (χ1) is 14.1. The number of nitrogens with two attached hydrogens (primary N) is 1. The molecule has 3 aromatic rings. The van der Waals surface area contributed by atoms with Crippen molar-refractivity contribution in [1.82, 2.24) is 15.3 Å². The highest BCUT2D eigenvalue weighted by Gasteiger charge is 2.22. The Hall–Kier alpha value is -3.74. The maximum Gasteiger partial charge on any atom is 0.320 e. The molecule has 0 saturated heterocycles. The number of benzene rings is 1. The number of hydrogen-bond donors (Lipinski definition) is 2. The highest BCUT2D eigenvalue weighted by Crippen LogP contribution is 2.30. The normalized spacial score (nSPS) is 12.9. The summed E-state index contributed by atoms with van der Waals surface area (Å²) in [6.45, 7) is 0.595. The molecule has 4 rings (SSSR count). The van der Waals surface area contributed by atoms with E-state index in [1.807, 2.05) is 24.3 Å². The van der Waals surface area contributed by atoms with E-state index in [1.54, 1.807) is 37.8 Å². The van der Waals surface area contributed by atoms with Crippen LogP contribution in [0.3, 0.4) is 0 Å². The predicted molar refractivity (Wildman–Crippen MR) is 112 cm³/mol. The SMILES string of the molecule is CNC(=O)c1ccc(-c2cncc(-c3cnc4c(c3)CCCN4C(N)=O)c2)cc1. The quantitative estimate of drug-likeness (QED) is 0.721. The molecule has 3 N–H and O–H groups in total. The first-order valence-corrected chi connectivity index (χ1v) is 9.40.